The van der Waals surface area contributed by atoms with E-state index in [1.54, 1.807) is 18.2 Å². The Morgan fingerprint density at radius 2 is 1.65 bits per heavy atom. The molecule has 1 aromatic heterocycles. The molecule has 31 heavy (non-hydrogen) atoms. The van der Waals surface area contributed by atoms with Crippen LogP contribution < -0.4 is 9.46 Å². The summed E-state index contributed by atoms with van der Waals surface area (Å²) in [5.74, 6) is 1.17. The lowest BCUT2D eigenvalue weighted by atomic mass is 9.67. The Morgan fingerprint density at radius 1 is 0.968 bits per heavy atom. The van der Waals surface area contributed by atoms with Gasteiger partial charge < -0.3 is 4.74 Å². The van der Waals surface area contributed by atoms with Crippen molar-refractivity contribution in [2.45, 2.75) is 50.3 Å². The van der Waals surface area contributed by atoms with Crippen LogP contribution in [-0.4, -0.2) is 18.4 Å². The highest BCUT2D eigenvalue weighted by Crippen LogP contribution is 2.46. The Balaban J connectivity index is 1.72. The molecule has 7 heteroatoms. The summed E-state index contributed by atoms with van der Waals surface area (Å²) < 4.78 is 34.2. The number of benzene rings is 2. The van der Waals surface area contributed by atoms with E-state index in [9.17, 15) is 8.42 Å². The topological polar surface area (TPSA) is 81.2 Å². The van der Waals surface area contributed by atoms with Gasteiger partial charge in [-0.15, -0.1) is 0 Å². The average Bonchev–Trinajstić information content (AvgIpc) is 2.74. The maximum Gasteiger partial charge on any atom is 0.264 e. The molecule has 1 atom stereocenters. The van der Waals surface area contributed by atoms with E-state index in [1.165, 1.54) is 18.6 Å². The normalized spacial score (nSPS) is 18.3. The molecule has 1 aliphatic carbocycles. The molecule has 0 amide bonds. The van der Waals surface area contributed by atoms with E-state index in [1.807, 2.05) is 36.4 Å². The zero-order valence-corrected chi connectivity index (χ0v) is 18.6. The fourth-order valence-electron chi connectivity index (χ4n) is 4.15. The molecule has 1 aliphatic rings. The van der Waals surface area contributed by atoms with Crippen molar-refractivity contribution in [2.75, 3.05) is 4.72 Å². The highest BCUT2D eigenvalue weighted by molar-refractivity contribution is 7.92. The molecule has 162 valence electrons. The van der Waals surface area contributed by atoms with Gasteiger partial charge in [-0.25, -0.2) is 18.1 Å². The predicted octanol–water partition coefficient (Wildman–Crippen LogP) is 5.75. The molecule has 1 fully saturated rings. The van der Waals surface area contributed by atoms with Gasteiger partial charge in [-0.1, -0.05) is 63.1 Å². The molecule has 0 saturated heterocycles. The van der Waals surface area contributed by atoms with Gasteiger partial charge in [-0.3, -0.25) is 0 Å². The molecule has 0 aliphatic heterocycles. The number of nitrogens with one attached hydrogen (secondary N) is 1. The van der Waals surface area contributed by atoms with Gasteiger partial charge in [-0.05, 0) is 42.5 Å². The number of sulfonamides is 1. The van der Waals surface area contributed by atoms with Crippen LogP contribution in [0.4, 0.5) is 5.95 Å². The smallest absolute Gasteiger partial charge is 0.264 e. The van der Waals surface area contributed by atoms with Crippen molar-refractivity contribution in [2.24, 2.45) is 5.41 Å². The number of nitrogens with zero attached hydrogens (tertiary/aromatic N) is 2. The van der Waals surface area contributed by atoms with E-state index in [4.69, 9.17) is 4.74 Å². The number of hydrogen-bond donors (Lipinski definition) is 1. The van der Waals surface area contributed by atoms with Crippen LogP contribution in [0.2, 0.25) is 0 Å². The summed E-state index contributed by atoms with van der Waals surface area (Å²) >= 11 is 0. The molecule has 0 radical (unpaired) electrons. The van der Waals surface area contributed by atoms with Crippen LogP contribution in [0.3, 0.4) is 0 Å². The standard InChI is InChI=1S/C24H27N3O3S/c1-24(2)16-10-9-15-20(24)21-17-22(30-18-11-5-3-6-12-18)26-23(25-21)27-31(28,29)19-13-7-4-8-14-19/h3-8,11-14,17,20H,9-10,15-16H2,1-2H3,(H,25,26,27). The molecule has 6 nitrogen and oxygen atoms in total. The second kappa shape index (κ2) is 8.67. The monoisotopic (exact) mass is 437 g/mol. The summed E-state index contributed by atoms with van der Waals surface area (Å²) in [6, 6.07) is 19.4. The summed E-state index contributed by atoms with van der Waals surface area (Å²) in [4.78, 5) is 9.14. The molecule has 1 saturated carbocycles. The summed E-state index contributed by atoms with van der Waals surface area (Å²) in [5.41, 5.74) is 0.864. The van der Waals surface area contributed by atoms with Gasteiger partial charge in [-0.2, -0.15) is 4.98 Å². The van der Waals surface area contributed by atoms with Crippen LogP contribution in [0.15, 0.2) is 71.6 Å². The minimum Gasteiger partial charge on any atom is -0.439 e. The molecule has 2 aromatic carbocycles. The zero-order chi connectivity index (χ0) is 21.9. The Morgan fingerprint density at radius 3 is 2.32 bits per heavy atom. The summed E-state index contributed by atoms with van der Waals surface area (Å²) in [7, 11) is -3.81. The van der Waals surface area contributed by atoms with Crippen molar-refractivity contribution < 1.29 is 13.2 Å². The van der Waals surface area contributed by atoms with Crippen LogP contribution in [0.5, 0.6) is 11.6 Å². The zero-order valence-electron chi connectivity index (χ0n) is 17.8. The van der Waals surface area contributed by atoms with E-state index in [0.29, 0.717) is 11.6 Å². The highest BCUT2D eigenvalue weighted by atomic mass is 32.2. The maximum atomic E-state index is 12.9. The second-order valence-corrected chi connectivity index (χ2v) is 10.3. The summed E-state index contributed by atoms with van der Waals surface area (Å²) in [6.07, 6.45) is 4.41. The Labute approximate surface area is 183 Å². The first-order valence-corrected chi connectivity index (χ1v) is 12.0. The fraction of sp³-hybridized carbons (Fsp3) is 0.333. The lowest BCUT2D eigenvalue weighted by Crippen LogP contribution is -2.27. The van der Waals surface area contributed by atoms with Crippen molar-refractivity contribution >= 4 is 16.0 Å². The van der Waals surface area contributed by atoms with E-state index in [-0.39, 0.29) is 22.2 Å². The van der Waals surface area contributed by atoms with Gasteiger partial charge in [0.2, 0.25) is 11.8 Å². The van der Waals surface area contributed by atoms with Gasteiger partial charge in [0, 0.05) is 12.0 Å². The van der Waals surface area contributed by atoms with Crippen LogP contribution in [-0.2, 0) is 10.0 Å². The first-order valence-electron chi connectivity index (χ1n) is 10.5. The van der Waals surface area contributed by atoms with E-state index in [2.05, 4.69) is 28.5 Å². The molecule has 1 unspecified atom stereocenters. The third-order valence-electron chi connectivity index (χ3n) is 5.83. The molecule has 4 rings (SSSR count). The number of hydrogen-bond acceptors (Lipinski definition) is 5. The molecular weight excluding hydrogens is 410 g/mol. The van der Waals surface area contributed by atoms with Crippen LogP contribution in [0, 0.1) is 5.41 Å². The Bertz CT molecular complexity index is 1130. The van der Waals surface area contributed by atoms with Crippen molar-refractivity contribution in [3.8, 4) is 11.6 Å². The van der Waals surface area contributed by atoms with Gasteiger partial charge in [0.05, 0.1) is 10.6 Å². The lowest BCUT2D eigenvalue weighted by Gasteiger charge is -2.38. The largest absolute Gasteiger partial charge is 0.439 e. The third-order valence-corrected chi connectivity index (χ3v) is 7.18. The maximum absolute atomic E-state index is 12.9. The molecule has 1 N–H and O–H groups in total. The molecule has 0 spiro atoms. The van der Waals surface area contributed by atoms with Gasteiger partial charge in [0.25, 0.3) is 10.0 Å². The van der Waals surface area contributed by atoms with Crippen LogP contribution in [0.25, 0.3) is 0 Å². The van der Waals surface area contributed by atoms with E-state index >= 15 is 0 Å². The number of aromatic nitrogens is 2. The molecule has 1 heterocycles. The van der Waals surface area contributed by atoms with Crippen LogP contribution in [0.1, 0.15) is 51.1 Å². The van der Waals surface area contributed by atoms with Gasteiger partial charge in [0.1, 0.15) is 5.75 Å². The number of ether oxygens (including phenoxy) is 1. The summed E-state index contributed by atoms with van der Waals surface area (Å²) in [6.45, 7) is 4.48. The molecule has 3 aromatic rings. The first kappa shape index (κ1) is 21.3. The Hall–Kier alpha value is -2.93. The number of para-hydroxylation sites is 1. The quantitative estimate of drug-likeness (QED) is 0.531. The van der Waals surface area contributed by atoms with Gasteiger partial charge >= 0.3 is 0 Å². The Kier molecular flexibility index (Phi) is 5.96. The van der Waals surface area contributed by atoms with Crippen molar-refractivity contribution in [1.82, 2.24) is 9.97 Å². The van der Waals surface area contributed by atoms with E-state index < -0.39 is 10.0 Å². The third kappa shape index (κ3) is 5.05. The van der Waals surface area contributed by atoms with Crippen LogP contribution >= 0.6 is 0 Å². The average molecular weight is 438 g/mol. The fourth-order valence-corrected chi connectivity index (χ4v) is 5.11. The molecular formula is C24H27N3O3S. The predicted molar refractivity (Wildman–Crippen MR) is 121 cm³/mol. The number of rotatable bonds is 6. The van der Waals surface area contributed by atoms with Crippen molar-refractivity contribution in [3.63, 3.8) is 0 Å². The minimum absolute atomic E-state index is 0.0219. The lowest BCUT2D eigenvalue weighted by molar-refractivity contribution is 0.196. The summed E-state index contributed by atoms with van der Waals surface area (Å²) in [5, 5.41) is 0. The van der Waals surface area contributed by atoms with Crippen molar-refractivity contribution in [1.29, 1.82) is 0 Å². The van der Waals surface area contributed by atoms with Gasteiger partial charge in [0.15, 0.2) is 0 Å². The highest BCUT2D eigenvalue weighted by Gasteiger charge is 2.35. The molecule has 0 bridgehead atoms. The minimum atomic E-state index is -3.81. The van der Waals surface area contributed by atoms with E-state index in [0.717, 1.165) is 25.0 Å². The SMILES string of the molecule is CC1(C)CCCCC1c1cc(Oc2ccccc2)nc(NS(=O)(=O)c2ccccc2)n1. The van der Waals surface area contributed by atoms with Crippen molar-refractivity contribution in [3.05, 3.63) is 72.4 Å². The second-order valence-electron chi connectivity index (χ2n) is 8.58. The number of anilines is 1. The first-order chi connectivity index (χ1) is 14.8.